The van der Waals surface area contributed by atoms with Gasteiger partial charge in [0, 0.05) is 31.5 Å². The van der Waals surface area contributed by atoms with Gasteiger partial charge < -0.3 is 15.0 Å². The third-order valence-electron chi connectivity index (χ3n) is 2.87. The van der Waals surface area contributed by atoms with Gasteiger partial charge in [0.15, 0.2) is 6.61 Å². The number of hydrogen-bond donors (Lipinski definition) is 1. The van der Waals surface area contributed by atoms with Crippen molar-refractivity contribution in [2.45, 2.75) is 13.3 Å². The van der Waals surface area contributed by atoms with Crippen LogP contribution in [0.25, 0.3) is 0 Å². The zero-order chi connectivity index (χ0) is 15.1. The van der Waals surface area contributed by atoms with E-state index >= 15 is 0 Å². The molecule has 5 nitrogen and oxygen atoms in total. The van der Waals surface area contributed by atoms with Crippen molar-refractivity contribution in [2.24, 2.45) is 0 Å². The summed E-state index contributed by atoms with van der Waals surface area (Å²) in [5, 5.41) is 2.52. The van der Waals surface area contributed by atoms with Gasteiger partial charge in [-0.2, -0.15) is 0 Å². The van der Waals surface area contributed by atoms with Gasteiger partial charge in [-0.25, -0.2) is 0 Å². The molecule has 0 unspecified atom stereocenters. The van der Waals surface area contributed by atoms with Crippen LogP contribution < -0.4 is 10.1 Å². The Bertz CT molecular complexity index is 491. The molecule has 0 saturated heterocycles. The van der Waals surface area contributed by atoms with E-state index in [1.165, 1.54) is 4.90 Å². The Morgan fingerprint density at radius 3 is 2.70 bits per heavy atom. The fraction of sp³-hybridized carbons (Fsp3) is 0.429. The number of hydrogen-bond acceptors (Lipinski definition) is 3. The summed E-state index contributed by atoms with van der Waals surface area (Å²) in [4.78, 5) is 24.5. The van der Waals surface area contributed by atoms with Crippen LogP contribution in [0.3, 0.4) is 0 Å². The predicted octanol–water partition coefficient (Wildman–Crippen LogP) is 1.73. The van der Waals surface area contributed by atoms with E-state index in [1.807, 2.05) is 25.1 Å². The van der Waals surface area contributed by atoms with Crippen LogP contribution in [0, 0.1) is 6.92 Å². The molecule has 6 heteroatoms. The highest BCUT2D eigenvalue weighted by Crippen LogP contribution is 2.22. The minimum atomic E-state index is -0.156. The highest BCUT2D eigenvalue weighted by molar-refractivity contribution is 9.10. The van der Waals surface area contributed by atoms with E-state index in [2.05, 4.69) is 21.2 Å². The fourth-order valence-corrected chi connectivity index (χ4v) is 2.02. The van der Waals surface area contributed by atoms with E-state index in [4.69, 9.17) is 4.74 Å². The lowest BCUT2D eigenvalue weighted by molar-refractivity contribution is -0.132. The number of ether oxygens (including phenoxy) is 1. The van der Waals surface area contributed by atoms with Gasteiger partial charge in [0.1, 0.15) is 5.75 Å². The molecule has 0 aromatic heterocycles. The minimum absolute atomic E-state index is 0.0350. The van der Waals surface area contributed by atoms with Gasteiger partial charge in [0.25, 0.3) is 5.91 Å². The van der Waals surface area contributed by atoms with Crippen LogP contribution in [0.4, 0.5) is 0 Å². The zero-order valence-electron chi connectivity index (χ0n) is 11.9. The number of aryl methyl sites for hydroxylation is 1. The second-order valence-corrected chi connectivity index (χ2v) is 5.35. The highest BCUT2D eigenvalue weighted by atomic mass is 79.9. The minimum Gasteiger partial charge on any atom is -0.483 e. The summed E-state index contributed by atoms with van der Waals surface area (Å²) in [6.07, 6.45) is 0.288. The lowest BCUT2D eigenvalue weighted by atomic mass is 10.2. The van der Waals surface area contributed by atoms with Crippen LogP contribution >= 0.6 is 15.9 Å². The van der Waals surface area contributed by atoms with Gasteiger partial charge in [0.2, 0.25) is 5.91 Å². The number of carbonyl (C=O) groups excluding carboxylic acids is 2. The van der Waals surface area contributed by atoms with Gasteiger partial charge in [0.05, 0.1) is 0 Å². The van der Waals surface area contributed by atoms with Gasteiger partial charge >= 0.3 is 0 Å². The molecule has 0 saturated carbocycles. The van der Waals surface area contributed by atoms with E-state index in [9.17, 15) is 9.59 Å². The molecule has 20 heavy (non-hydrogen) atoms. The Kier molecular flexibility index (Phi) is 6.51. The van der Waals surface area contributed by atoms with E-state index in [0.29, 0.717) is 12.3 Å². The molecule has 1 N–H and O–H groups in total. The molecule has 0 fully saturated rings. The molecule has 0 aliphatic heterocycles. The number of rotatable bonds is 6. The monoisotopic (exact) mass is 342 g/mol. The third-order valence-corrected chi connectivity index (χ3v) is 3.36. The maximum atomic E-state index is 11.9. The topological polar surface area (TPSA) is 58.6 Å². The molecule has 0 heterocycles. The van der Waals surface area contributed by atoms with Crippen LogP contribution in [0.5, 0.6) is 5.75 Å². The molecule has 1 rings (SSSR count). The van der Waals surface area contributed by atoms with E-state index in [1.54, 1.807) is 14.1 Å². The molecule has 110 valence electrons. The Balaban J connectivity index is 2.44. The Morgan fingerprint density at radius 2 is 2.10 bits per heavy atom. The van der Waals surface area contributed by atoms with Crippen LogP contribution in [-0.4, -0.2) is 44.0 Å². The average molecular weight is 343 g/mol. The number of nitrogens with one attached hydrogen (secondary N) is 1. The number of amides is 2. The molecular formula is C14H19BrN2O3. The summed E-state index contributed by atoms with van der Waals surface area (Å²) in [5.41, 5.74) is 0.959. The van der Waals surface area contributed by atoms with E-state index in [-0.39, 0.29) is 24.8 Å². The number of nitrogens with zero attached hydrogens (tertiary/aromatic N) is 1. The van der Waals surface area contributed by atoms with Crippen molar-refractivity contribution in [1.82, 2.24) is 10.2 Å². The maximum absolute atomic E-state index is 11.9. The van der Waals surface area contributed by atoms with Crippen molar-refractivity contribution in [2.75, 3.05) is 27.2 Å². The Labute approximate surface area is 127 Å². The number of halogens is 1. The normalized spacial score (nSPS) is 10.0. The molecule has 0 atom stereocenters. The van der Waals surface area contributed by atoms with Crippen LogP contribution in [0.15, 0.2) is 22.7 Å². The third kappa shape index (κ3) is 5.21. The molecule has 1 aromatic rings. The molecule has 2 amide bonds. The van der Waals surface area contributed by atoms with Crippen LogP contribution in [0.1, 0.15) is 12.0 Å². The molecule has 0 bridgehead atoms. The van der Waals surface area contributed by atoms with Gasteiger partial charge in [-0.05, 0) is 30.7 Å². The Morgan fingerprint density at radius 1 is 1.40 bits per heavy atom. The molecule has 0 aliphatic rings. The summed E-state index contributed by atoms with van der Waals surface area (Å²) in [6, 6.07) is 5.61. The molecule has 0 radical (unpaired) electrons. The van der Waals surface area contributed by atoms with Crippen LogP contribution in [0.2, 0.25) is 0 Å². The number of benzene rings is 1. The quantitative estimate of drug-likeness (QED) is 0.856. The highest BCUT2D eigenvalue weighted by Gasteiger charge is 2.11. The lowest BCUT2D eigenvalue weighted by Gasteiger charge is -2.17. The molecule has 0 aliphatic carbocycles. The van der Waals surface area contributed by atoms with Crippen molar-refractivity contribution >= 4 is 27.7 Å². The Hall–Kier alpha value is -1.56. The van der Waals surface area contributed by atoms with Crippen LogP contribution in [-0.2, 0) is 9.59 Å². The van der Waals surface area contributed by atoms with Gasteiger partial charge in [-0.1, -0.05) is 15.9 Å². The van der Waals surface area contributed by atoms with Gasteiger partial charge in [-0.15, -0.1) is 0 Å². The van der Waals surface area contributed by atoms with Crippen molar-refractivity contribution in [3.05, 3.63) is 28.2 Å². The summed E-state index contributed by atoms with van der Waals surface area (Å²) < 4.78 is 6.46. The smallest absolute Gasteiger partial charge is 0.260 e. The summed E-state index contributed by atoms with van der Waals surface area (Å²) in [6.45, 7) is 2.26. The lowest BCUT2D eigenvalue weighted by Crippen LogP contribution is -2.34. The molecular weight excluding hydrogens is 324 g/mol. The number of likely N-dealkylation sites (N-methyl/N-ethyl adjacent to an activating group) is 1. The predicted molar refractivity (Wildman–Crippen MR) is 80.7 cm³/mol. The van der Waals surface area contributed by atoms with Gasteiger partial charge in [-0.3, -0.25) is 9.59 Å². The maximum Gasteiger partial charge on any atom is 0.260 e. The zero-order valence-corrected chi connectivity index (χ0v) is 13.5. The fourth-order valence-electron chi connectivity index (χ4n) is 1.54. The van der Waals surface area contributed by atoms with E-state index < -0.39 is 0 Å². The van der Waals surface area contributed by atoms with Crippen molar-refractivity contribution < 1.29 is 14.3 Å². The first-order valence-electron chi connectivity index (χ1n) is 6.27. The van der Waals surface area contributed by atoms with Crippen molar-refractivity contribution in [1.29, 1.82) is 0 Å². The average Bonchev–Trinajstić information content (AvgIpc) is 2.42. The summed E-state index contributed by atoms with van der Waals surface area (Å²) >= 11 is 3.37. The summed E-state index contributed by atoms with van der Waals surface area (Å²) in [5.74, 6) is 0.437. The van der Waals surface area contributed by atoms with Crippen molar-refractivity contribution in [3.8, 4) is 5.75 Å². The first-order chi connectivity index (χ1) is 9.43. The largest absolute Gasteiger partial charge is 0.483 e. The molecule has 1 aromatic carbocycles. The standard InChI is InChI=1S/C14H19BrN2O3/c1-10-8-11(15)4-5-12(10)20-9-14(19)17(3)7-6-13(18)16-2/h4-5,8H,6-7,9H2,1-3H3,(H,16,18). The first-order valence-corrected chi connectivity index (χ1v) is 7.07. The molecule has 0 spiro atoms. The SMILES string of the molecule is CNC(=O)CCN(C)C(=O)COc1ccc(Br)cc1C. The number of carbonyl (C=O) groups is 2. The second-order valence-electron chi connectivity index (χ2n) is 4.44. The second kappa shape index (κ2) is 7.89. The first kappa shape index (κ1) is 16.5. The summed E-state index contributed by atoms with van der Waals surface area (Å²) in [7, 11) is 3.23. The van der Waals surface area contributed by atoms with Crippen molar-refractivity contribution in [3.63, 3.8) is 0 Å². The van der Waals surface area contributed by atoms with E-state index in [0.717, 1.165) is 10.0 Å².